The van der Waals surface area contributed by atoms with E-state index in [9.17, 15) is 4.79 Å². The number of rotatable bonds is 16. The Labute approximate surface area is 369 Å². The van der Waals surface area contributed by atoms with Crippen LogP contribution in [0.15, 0.2) is 60.9 Å². The summed E-state index contributed by atoms with van der Waals surface area (Å²) in [4.78, 5) is 28.6. The lowest BCUT2D eigenvalue weighted by molar-refractivity contribution is -0.000989. The van der Waals surface area contributed by atoms with Crippen molar-refractivity contribution < 1.29 is 23.4 Å². The third kappa shape index (κ3) is 12.0. The number of pyridine rings is 1. The van der Waals surface area contributed by atoms with Gasteiger partial charge in [0.1, 0.15) is 24.9 Å². The number of hydrogen-bond acceptors (Lipinski definition) is 9. The normalized spacial score (nSPS) is 20.1. The Morgan fingerprint density at radius 3 is 2.00 bits per heavy atom. The van der Waals surface area contributed by atoms with Gasteiger partial charge in [-0.15, -0.1) is 0 Å². The molecule has 4 aromatic rings. The second-order valence-electron chi connectivity index (χ2n) is 22.3. The van der Waals surface area contributed by atoms with E-state index in [4.69, 9.17) is 33.7 Å². The molecule has 6 rings (SSSR count). The van der Waals surface area contributed by atoms with Gasteiger partial charge >= 0.3 is 6.09 Å². The molecular weight excluding hydrogens is 813 g/mol. The number of carbonyl (C=O) groups is 1. The van der Waals surface area contributed by atoms with Crippen molar-refractivity contribution in [3.8, 4) is 22.4 Å². The number of anilines is 1. The van der Waals surface area contributed by atoms with Crippen LogP contribution in [0.25, 0.3) is 28.0 Å². The van der Waals surface area contributed by atoms with E-state index in [1.165, 1.54) is 0 Å². The number of amides is 1. The molecule has 2 saturated heterocycles. The van der Waals surface area contributed by atoms with Crippen molar-refractivity contribution in [2.45, 2.75) is 160 Å². The molecule has 2 bridgehead atoms. The van der Waals surface area contributed by atoms with Gasteiger partial charge in [-0.1, -0.05) is 96.5 Å². The van der Waals surface area contributed by atoms with Crippen molar-refractivity contribution in [1.82, 2.24) is 24.5 Å². The van der Waals surface area contributed by atoms with Gasteiger partial charge in [-0.05, 0) is 76.3 Å². The molecule has 2 aliphatic heterocycles. The maximum atomic E-state index is 14.0. The van der Waals surface area contributed by atoms with Crippen molar-refractivity contribution in [2.24, 2.45) is 0 Å². The van der Waals surface area contributed by atoms with Gasteiger partial charge in [0, 0.05) is 76.0 Å². The average Bonchev–Trinajstić information content (AvgIpc) is 3.67. The van der Waals surface area contributed by atoms with Crippen molar-refractivity contribution in [3.05, 3.63) is 66.6 Å². The maximum absolute atomic E-state index is 14.0. The highest BCUT2D eigenvalue weighted by atomic mass is 28.4. The zero-order chi connectivity index (χ0) is 44.5. The maximum Gasteiger partial charge on any atom is 0.410 e. The molecule has 5 heterocycles. The largest absolute Gasteiger partial charge is 0.444 e. The third-order valence-corrected chi connectivity index (χ3v) is 20.4. The molecule has 0 saturated carbocycles. The van der Waals surface area contributed by atoms with Gasteiger partial charge in [0.25, 0.3) is 0 Å². The molecule has 0 radical (unpaired) electrons. The molecule has 334 valence electrons. The summed E-state index contributed by atoms with van der Waals surface area (Å²) in [7, 11) is -4.78. The summed E-state index contributed by atoms with van der Waals surface area (Å²) in [5.41, 5.74) is 4.95. The van der Waals surface area contributed by atoms with Crippen molar-refractivity contribution in [1.29, 1.82) is 0 Å². The van der Waals surface area contributed by atoms with Crippen LogP contribution in [-0.4, -0.2) is 106 Å². The van der Waals surface area contributed by atoms with Gasteiger partial charge in [-0.2, -0.15) is 9.61 Å². The van der Waals surface area contributed by atoms with E-state index in [0.29, 0.717) is 33.1 Å². The van der Waals surface area contributed by atoms with Crippen molar-refractivity contribution in [3.63, 3.8) is 0 Å². The quantitative estimate of drug-likeness (QED) is 0.0618. The summed E-state index contributed by atoms with van der Waals surface area (Å²) < 4.78 is 28.1. The van der Waals surface area contributed by atoms with E-state index in [0.717, 1.165) is 64.5 Å². The third-order valence-electron chi connectivity index (χ3n) is 12.5. The van der Waals surface area contributed by atoms with Crippen LogP contribution in [0.4, 0.5) is 10.6 Å². The Morgan fingerprint density at radius 1 is 0.803 bits per heavy atom. The zero-order valence-electron chi connectivity index (χ0n) is 39.7. The highest BCUT2D eigenvalue weighted by Crippen LogP contribution is 2.48. The Balaban J connectivity index is 1.42. The van der Waals surface area contributed by atoms with Gasteiger partial charge in [-0.3, -0.25) is 9.88 Å². The second kappa shape index (κ2) is 18.4. The predicted molar refractivity (Wildman–Crippen MR) is 256 cm³/mol. The van der Waals surface area contributed by atoms with E-state index in [-0.39, 0.29) is 35.2 Å². The number of hydrogen-bond donors (Lipinski definition) is 0. The number of piperidine rings is 1. The fraction of sp³-hybridized carbons (Fsp3) is 0.617. The van der Waals surface area contributed by atoms with E-state index in [1.54, 1.807) is 0 Å². The van der Waals surface area contributed by atoms with Crippen LogP contribution < -0.4 is 4.90 Å². The monoisotopic (exact) mass is 887 g/mol. The van der Waals surface area contributed by atoms with E-state index in [2.05, 4.69) is 108 Å². The molecule has 1 aromatic carbocycles. The first-order valence-corrected chi connectivity index (χ1v) is 32.7. The number of ether oxygens (including phenoxy) is 3. The number of aromatic nitrogens is 4. The predicted octanol–water partition coefficient (Wildman–Crippen LogP) is 11.5. The lowest BCUT2D eigenvalue weighted by Crippen LogP contribution is -2.52. The summed E-state index contributed by atoms with van der Waals surface area (Å²) in [6.07, 6.45) is 5.74. The van der Waals surface area contributed by atoms with Crippen LogP contribution >= 0.6 is 0 Å². The minimum absolute atomic E-state index is 0.0334. The summed E-state index contributed by atoms with van der Waals surface area (Å²) >= 11 is 0. The molecule has 61 heavy (non-hydrogen) atoms. The molecule has 11 nitrogen and oxygen atoms in total. The molecule has 2 aliphatic rings. The van der Waals surface area contributed by atoms with E-state index < -0.39 is 30.1 Å². The summed E-state index contributed by atoms with van der Waals surface area (Å²) in [6.45, 7) is 33.6. The molecule has 3 unspecified atom stereocenters. The second-order valence-corrected chi connectivity index (χ2v) is 38.3. The van der Waals surface area contributed by atoms with Crippen molar-refractivity contribution in [2.75, 3.05) is 31.6 Å². The first-order chi connectivity index (χ1) is 28.4. The summed E-state index contributed by atoms with van der Waals surface area (Å²) in [6, 6.07) is 18.6. The minimum atomic E-state index is -2.16. The topological polar surface area (TPSA) is 104 Å². The number of carbonyl (C=O) groups excluding carboxylic acids is 1. The first-order valence-electron chi connectivity index (χ1n) is 22.4. The SMILES string of the molecule is CC(C)(C)OC(=O)N1C2CC(c3cc(N(COCC[Si](C)(C)C)COCC[Si](C)(C)C)n4ncc(-c5ccc(-c6ccccc6)nc5)c4n3)C[C@H]1CC2O[Si](C)(C)C(C)(C)C. The van der Waals surface area contributed by atoms with Crippen LogP contribution in [0.1, 0.15) is 72.4 Å². The van der Waals surface area contributed by atoms with Crippen LogP contribution in [0.3, 0.4) is 0 Å². The molecule has 0 aliphatic carbocycles. The van der Waals surface area contributed by atoms with Crippen LogP contribution in [0.5, 0.6) is 0 Å². The standard InChI is InChI=1S/C47H74N6O5Si3/c1-46(2,3)57-45(54)52-37-26-36(27-41(52)42(28-37)58-61(13,14)47(4,5)6)40-29-43(51(32-55-22-24-59(7,8)9)33-56-23-25-60(10,11)12)53-44(50-40)38(31-49-53)35-20-21-39(48-30-35)34-18-16-15-17-19-34/h15-21,29-31,36-37,41-42H,22-28,32-33H2,1-14H3/t36?,37-,41?,42?/m0/s1. The molecule has 14 heteroatoms. The van der Waals surface area contributed by atoms with Gasteiger partial charge in [0.05, 0.1) is 24.0 Å². The Morgan fingerprint density at radius 2 is 1.44 bits per heavy atom. The molecule has 3 aromatic heterocycles. The van der Waals surface area contributed by atoms with Crippen LogP contribution in [0.2, 0.25) is 69.5 Å². The smallest absolute Gasteiger partial charge is 0.410 e. The van der Waals surface area contributed by atoms with Gasteiger partial charge in [0.15, 0.2) is 14.0 Å². The zero-order valence-corrected chi connectivity index (χ0v) is 42.7. The van der Waals surface area contributed by atoms with Gasteiger partial charge < -0.3 is 23.5 Å². The fourth-order valence-electron chi connectivity index (χ4n) is 7.91. The molecule has 1 amide bonds. The minimum Gasteiger partial charge on any atom is -0.444 e. The van der Waals surface area contributed by atoms with Crippen molar-refractivity contribution >= 4 is 42.0 Å². The number of fused-ring (bicyclic) bond motifs is 3. The number of benzene rings is 1. The van der Waals surface area contributed by atoms with Gasteiger partial charge in [-0.25, -0.2) is 9.78 Å². The molecule has 0 N–H and O–H groups in total. The Hall–Kier alpha value is -3.41. The van der Waals surface area contributed by atoms with E-state index >= 15 is 0 Å². The van der Waals surface area contributed by atoms with Crippen LogP contribution in [-0.2, 0) is 18.6 Å². The molecule has 2 fully saturated rings. The van der Waals surface area contributed by atoms with Crippen LogP contribution in [0, 0.1) is 0 Å². The molecular formula is C47H74N6O5Si3. The lowest BCUT2D eigenvalue weighted by atomic mass is 9.88. The van der Waals surface area contributed by atoms with Gasteiger partial charge in [0.2, 0.25) is 0 Å². The highest BCUT2D eigenvalue weighted by Gasteiger charge is 2.53. The first kappa shape index (κ1) is 47.1. The summed E-state index contributed by atoms with van der Waals surface area (Å²) in [5.74, 6) is 0.936. The van der Waals surface area contributed by atoms with E-state index in [1.807, 2.05) is 60.8 Å². The summed E-state index contributed by atoms with van der Waals surface area (Å²) in [5, 5.41) is 5.04. The lowest BCUT2D eigenvalue weighted by Gasteiger charge is -2.42. The Kier molecular flexibility index (Phi) is 14.2. The molecule has 0 spiro atoms. The molecule has 4 atom stereocenters. The number of nitrogens with zero attached hydrogens (tertiary/aromatic N) is 6. The average molecular weight is 887 g/mol. The highest BCUT2D eigenvalue weighted by molar-refractivity contribution is 6.76. The Bertz CT molecular complexity index is 2060. The fourth-order valence-corrected chi connectivity index (χ4v) is 10.8.